The molecule has 14 heavy (non-hydrogen) atoms. The largest absolute Gasteiger partial charge is 0.461 e. The fraction of sp³-hybridized carbons (Fsp3) is 0.778. The van der Waals surface area contributed by atoms with Crippen LogP contribution in [-0.2, 0) is 9.47 Å². The SMILES string of the molecule is NC1CN2CCOC3=C2N(CCO3)C1. The van der Waals surface area contributed by atoms with Crippen molar-refractivity contribution in [2.75, 3.05) is 39.4 Å². The van der Waals surface area contributed by atoms with Crippen LogP contribution < -0.4 is 5.73 Å². The molecule has 3 aliphatic rings. The standard InChI is InChI=1S/C9H15N3O2/c10-7-5-11-1-3-13-9-8(11)12(6-7)2-4-14-9/h7H,1-6,10H2. The summed E-state index contributed by atoms with van der Waals surface area (Å²) in [5.41, 5.74) is 5.99. The van der Waals surface area contributed by atoms with Crippen molar-refractivity contribution in [1.82, 2.24) is 9.80 Å². The summed E-state index contributed by atoms with van der Waals surface area (Å²) in [6, 6.07) is 0.246. The maximum Gasteiger partial charge on any atom is 0.322 e. The van der Waals surface area contributed by atoms with Gasteiger partial charge in [-0.15, -0.1) is 0 Å². The molecule has 2 N–H and O–H groups in total. The maximum atomic E-state index is 5.99. The van der Waals surface area contributed by atoms with Gasteiger partial charge >= 0.3 is 5.95 Å². The van der Waals surface area contributed by atoms with E-state index in [0.717, 1.165) is 32.0 Å². The normalized spacial score (nSPS) is 26.9. The Bertz CT molecular complexity index is 255. The lowest BCUT2D eigenvalue weighted by Crippen LogP contribution is -2.58. The molecule has 1 saturated heterocycles. The van der Waals surface area contributed by atoms with E-state index in [9.17, 15) is 0 Å². The van der Waals surface area contributed by atoms with Gasteiger partial charge in [0.15, 0.2) is 5.82 Å². The van der Waals surface area contributed by atoms with E-state index in [1.807, 2.05) is 0 Å². The van der Waals surface area contributed by atoms with Crippen LogP contribution in [-0.4, -0.2) is 55.2 Å². The highest BCUT2D eigenvalue weighted by atomic mass is 16.7. The first-order chi connectivity index (χ1) is 6.84. The van der Waals surface area contributed by atoms with Crippen LogP contribution in [0.4, 0.5) is 0 Å². The summed E-state index contributed by atoms with van der Waals surface area (Å²) < 4.78 is 11.0. The Labute approximate surface area is 83.0 Å². The summed E-state index contributed by atoms with van der Waals surface area (Å²) in [7, 11) is 0. The zero-order valence-corrected chi connectivity index (χ0v) is 8.11. The van der Waals surface area contributed by atoms with E-state index in [1.165, 1.54) is 0 Å². The first-order valence-electron chi connectivity index (χ1n) is 5.10. The van der Waals surface area contributed by atoms with E-state index < -0.39 is 0 Å². The van der Waals surface area contributed by atoms with Crippen molar-refractivity contribution < 1.29 is 9.47 Å². The second-order valence-corrected chi connectivity index (χ2v) is 3.96. The van der Waals surface area contributed by atoms with E-state index >= 15 is 0 Å². The molecule has 1 fully saturated rings. The van der Waals surface area contributed by atoms with Gasteiger partial charge in [0.2, 0.25) is 0 Å². The number of nitrogens with zero attached hydrogens (tertiary/aromatic N) is 2. The Morgan fingerprint density at radius 2 is 1.64 bits per heavy atom. The molecule has 78 valence electrons. The highest BCUT2D eigenvalue weighted by molar-refractivity contribution is 5.11. The molecule has 0 aromatic heterocycles. The fourth-order valence-corrected chi connectivity index (χ4v) is 2.32. The van der Waals surface area contributed by atoms with Crippen LogP contribution >= 0.6 is 0 Å². The van der Waals surface area contributed by atoms with Gasteiger partial charge in [0, 0.05) is 19.1 Å². The summed E-state index contributed by atoms with van der Waals surface area (Å²) in [6.45, 7) is 5.10. The maximum absolute atomic E-state index is 5.99. The van der Waals surface area contributed by atoms with Gasteiger partial charge in [-0.1, -0.05) is 0 Å². The van der Waals surface area contributed by atoms with Gasteiger partial charge in [-0.3, -0.25) is 0 Å². The average Bonchev–Trinajstić information content (AvgIpc) is 2.18. The molecule has 0 spiro atoms. The van der Waals surface area contributed by atoms with E-state index in [0.29, 0.717) is 19.2 Å². The van der Waals surface area contributed by atoms with Crippen molar-refractivity contribution in [2.24, 2.45) is 5.73 Å². The van der Waals surface area contributed by atoms with Gasteiger partial charge in [0.25, 0.3) is 0 Å². The van der Waals surface area contributed by atoms with Gasteiger partial charge < -0.3 is 25.0 Å². The fourth-order valence-electron chi connectivity index (χ4n) is 2.32. The van der Waals surface area contributed by atoms with E-state index in [4.69, 9.17) is 15.2 Å². The smallest absolute Gasteiger partial charge is 0.322 e. The molecule has 0 aliphatic carbocycles. The second-order valence-electron chi connectivity index (χ2n) is 3.96. The van der Waals surface area contributed by atoms with Crippen molar-refractivity contribution in [3.05, 3.63) is 11.8 Å². The average molecular weight is 197 g/mol. The minimum atomic E-state index is 0.246. The molecule has 5 nitrogen and oxygen atoms in total. The molecule has 3 heterocycles. The summed E-state index contributed by atoms with van der Waals surface area (Å²) in [6.07, 6.45) is 0. The predicted molar refractivity (Wildman–Crippen MR) is 50.1 cm³/mol. The molecule has 0 aromatic rings. The molecule has 3 aliphatic heterocycles. The Morgan fingerprint density at radius 1 is 1.07 bits per heavy atom. The number of ether oxygens (including phenoxy) is 2. The molecule has 0 unspecified atom stereocenters. The summed E-state index contributed by atoms with van der Waals surface area (Å²) in [4.78, 5) is 4.54. The molecule has 0 aromatic carbocycles. The van der Waals surface area contributed by atoms with E-state index in [-0.39, 0.29) is 6.04 Å². The predicted octanol–water partition coefficient (Wildman–Crippen LogP) is -0.882. The van der Waals surface area contributed by atoms with Gasteiger partial charge in [0.05, 0.1) is 13.1 Å². The lowest BCUT2D eigenvalue weighted by Gasteiger charge is -2.47. The lowest BCUT2D eigenvalue weighted by molar-refractivity contribution is -0.0644. The molecule has 0 bridgehead atoms. The molecule has 5 heteroatoms. The molecule has 3 rings (SSSR count). The second kappa shape index (κ2) is 2.95. The van der Waals surface area contributed by atoms with Crippen LogP contribution in [0.15, 0.2) is 11.8 Å². The summed E-state index contributed by atoms with van der Waals surface area (Å²) >= 11 is 0. The number of nitrogens with two attached hydrogens (primary N) is 1. The topological polar surface area (TPSA) is 51.0 Å². The third-order valence-electron chi connectivity index (χ3n) is 2.88. The third-order valence-corrected chi connectivity index (χ3v) is 2.88. The minimum absolute atomic E-state index is 0.246. The summed E-state index contributed by atoms with van der Waals surface area (Å²) in [5, 5.41) is 0. The van der Waals surface area contributed by atoms with Gasteiger partial charge in [-0.2, -0.15) is 0 Å². The number of hydrogen-bond acceptors (Lipinski definition) is 5. The molecule has 0 atom stereocenters. The van der Waals surface area contributed by atoms with Crippen molar-refractivity contribution in [2.45, 2.75) is 6.04 Å². The van der Waals surface area contributed by atoms with Crippen LogP contribution in [0.5, 0.6) is 0 Å². The monoisotopic (exact) mass is 197 g/mol. The quantitative estimate of drug-likeness (QED) is 0.546. The van der Waals surface area contributed by atoms with Crippen LogP contribution in [0.2, 0.25) is 0 Å². The van der Waals surface area contributed by atoms with Crippen molar-refractivity contribution >= 4 is 0 Å². The Kier molecular flexibility index (Phi) is 1.73. The van der Waals surface area contributed by atoms with Crippen LogP contribution in [0.3, 0.4) is 0 Å². The highest BCUT2D eigenvalue weighted by Gasteiger charge is 2.36. The van der Waals surface area contributed by atoms with E-state index in [2.05, 4.69) is 9.80 Å². The van der Waals surface area contributed by atoms with Gasteiger partial charge in [-0.05, 0) is 0 Å². The number of hydrogen-bond donors (Lipinski definition) is 1. The Morgan fingerprint density at radius 3 is 2.21 bits per heavy atom. The highest BCUT2D eigenvalue weighted by Crippen LogP contribution is 2.28. The first kappa shape index (κ1) is 8.23. The molecular weight excluding hydrogens is 182 g/mol. The Hall–Kier alpha value is -1.10. The van der Waals surface area contributed by atoms with Gasteiger partial charge in [-0.25, -0.2) is 0 Å². The van der Waals surface area contributed by atoms with Crippen molar-refractivity contribution in [1.29, 1.82) is 0 Å². The number of rotatable bonds is 0. The zero-order chi connectivity index (χ0) is 9.54. The van der Waals surface area contributed by atoms with E-state index in [1.54, 1.807) is 0 Å². The van der Waals surface area contributed by atoms with Crippen molar-refractivity contribution in [3.8, 4) is 0 Å². The van der Waals surface area contributed by atoms with Crippen LogP contribution in [0.25, 0.3) is 0 Å². The molecule has 0 amide bonds. The van der Waals surface area contributed by atoms with Crippen LogP contribution in [0.1, 0.15) is 0 Å². The van der Waals surface area contributed by atoms with Crippen LogP contribution in [0, 0.1) is 0 Å². The molecular formula is C9H15N3O2. The molecule has 0 saturated carbocycles. The lowest BCUT2D eigenvalue weighted by atomic mass is 10.2. The van der Waals surface area contributed by atoms with Crippen molar-refractivity contribution in [3.63, 3.8) is 0 Å². The van der Waals surface area contributed by atoms with Gasteiger partial charge in [0.1, 0.15) is 13.2 Å². The summed E-state index contributed by atoms with van der Waals surface area (Å²) in [5.74, 6) is 1.82. The first-order valence-corrected chi connectivity index (χ1v) is 5.10. The minimum Gasteiger partial charge on any atom is -0.461 e. The zero-order valence-electron chi connectivity index (χ0n) is 8.11. The Balaban J connectivity index is 1.96. The molecule has 0 radical (unpaired) electrons. The third kappa shape index (κ3) is 1.12.